The van der Waals surface area contributed by atoms with Crippen LogP contribution in [-0.4, -0.2) is 19.6 Å². The van der Waals surface area contributed by atoms with Gasteiger partial charge in [0.1, 0.15) is 5.82 Å². The molecule has 0 unspecified atom stereocenters. The van der Waals surface area contributed by atoms with E-state index in [1.165, 1.54) is 11.1 Å². The van der Waals surface area contributed by atoms with Crippen LogP contribution in [0.25, 0.3) is 5.82 Å². The zero-order valence-corrected chi connectivity index (χ0v) is 19.9. The molecule has 0 saturated carbocycles. The Kier molecular flexibility index (Phi) is 5.68. The first-order valence-electron chi connectivity index (χ1n) is 11.3. The van der Waals surface area contributed by atoms with Gasteiger partial charge in [0.2, 0.25) is 0 Å². The van der Waals surface area contributed by atoms with Gasteiger partial charge in [-0.15, -0.1) is 0 Å². The highest BCUT2D eigenvalue weighted by Crippen LogP contribution is 2.43. The Hall–Kier alpha value is -3.51. The Bertz CT molecular complexity index is 1270. The highest BCUT2D eigenvalue weighted by Gasteiger charge is 2.42. The largest absolute Gasteiger partial charge is 0.351 e. The molecular weight excluding hydrogens is 426 g/mol. The SMILES string of the molecule is CCc1ccc(N2C(=S)N[C@H](c3ccccn3)[C@H]2c2cc(C)n(-c3ccccn3)c2C)cc1. The van der Waals surface area contributed by atoms with Crippen molar-refractivity contribution in [2.75, 3.05) is 4.90 Å². The van der Waals surface area contributed by atoms with Crippen LogP contribution in [-0.2, 0) is 6.42 Å². The fraction of sp³-hybridized carbons (Fsp3) is 0.222. The number of anilines is 1. The third kappa shape index (κ3) is 3.80. The van der Waals surface area contributed by atoms with E-state index in [-0.39, 0.29) is 12.1 Å². The van der Waals surface area contributed by atoms with Gasteiger partial charge in [-0.25, -0.2) is 4.98 Å². The molecule has 0 bridgehead atoms. The minimum Gasteiger partial charge on any atom is -0.351 e. The predicted octanol–water partition coefficient (Wildman–Crippen LogP) is 5.62. The van der Waals surface area contributed by atoms with Crippen molar-refractivity contribution in [2.24, 2.45) is 0 Å². The molecule has 0 radical (unpaired) electrons. The normalized spacial score (nSPS) is 17.9. The number of nitrogens with one attached hydrogen (secondary N) is 1. The van der Waals surface area contributed by atoms with Gasteiger partial charge in [-0.05, 0) is 86.1 Å². The molecule has 2 atom stereocenters. The van der Waals surface area contributed by atoms with Crippen molar-refractivity contribution in [2.45, 2.75) is 39.3 Å². The summed E-state index contributed by atoms with van der Waals surface area (Å²) in [5.74, 6) is 0.917. The van der Waals surface area contributed by atoms with E-state index in [1.807, 2.05) is 42.7 Å². The van der Waals surface area contributed by atoms with Gasteiger partial charge >= 0.3 is 0 Å². The Labute approximate surface area is 200 Å². The highest BCUT2D eigenvalue weighted by molar-refractivity contribution is 7.80. The molecular formula is C27H27N5S. The van der Waals surface area contributed by atoms with Crippen LogP contribution < -0.4 is 10.2 Å². The van der Waals surface area contributed by atoms with Crippen molar-refractivity contribution in [1.82, 2.24) is 19.9 Å². The number of aryl methyl sites for hydroxylation is 2. The van der Waals surface area contributed by atoms with Gasteiger partial charge in [-0.3, -0.25) is 4.98 Å². The fourth-order valence-electron chi connectivity index (χ4n) is 4.77. The topological polar surface area (TPSA) is 46.0 Å². The van der Waals surface area contributed by atoms with Gasteiger partial charge in [0, 0.05) is 29.5 Å². The maximum absolute atomic E-state index is 5.88. The number of benzene rings is 1. The van der Waals surface area contributed by atoms with E-state index in [9.17, 15) is 0 Å². The first-order chi connectivity index (χ1) is 16.1. The van der Waals surface area contributed by atoms with Gasteiger partial charge < -0.3 is 14.8 Å². The molecule has 1 saturated heterocycles. The van der Waals surface area contributed by atoms with Gasteiger partial charge in [0.05, 0.1) is 17.8 Å². The number of nitrogens with zero attached hydrogens (tertiary/aromatic N) is 4. The van der Waals surface area contributed by atoms with Crippen LogP contribution in [0.4, 0.5) is 5.69 Å². The molecule has 4 heterocycles. The smallest absolute Gasteiger partial charge is 0.174 e. The molecule has 5 nitrogen and oxygen atoms in total. The second kappa shape index (κ2) is 8.79. The summed E-state index contributed by atoms with van der Waals surface area (Å²) in [7, 11) is 0. The molecule has 4 aromatic rings. The summed E-state index contributed by atoms with van der Waals surface area (Å²) < 4.78 is 2.21. The average Bonchev–Trinajstić information content (AvgIpc) is 3.35. The highest BCUT2D eigenvalue weighted by atomic mass is 32.1. The van der Waals surface area contributed by atoms with Crippen LogP contribution >= 0.6 is 12.2 Å². The lowest BCUT2D eigenvalue weighted by Crippen LogP contribution is -2.29. The monoisotopic (exact) mass is 453 g/mol. The van der Waals surface area contributed by atoms with Crippen molar-refractivity contribution >= 4 is 23.0 Å². The fourth-order valence-corrected chi connectivity index (χ4v) is 5.11. The predicted molar refractivity (Wildman–Crippen MR) is 137 cm³/mol. The summed E-state index contributed by atoms with van der Waals surface area (Å²) in [6.07, 6.45) is 4.68. The van der Waals surface area contributed by atoms with Crippen molar-refractivity contribution in [1.29, 1.82) is 0 Å². The van der Waals surface area contributed by atoms with Gasteiger partial charge in [-0.2, -0.15) is 0 Å². The maximum Gasteiger partial charge on any atom is 0.174 e. The third-order valence-corrected chi connectivity index (χ3v) is 6.70. The Morgan fingerprint density at radius 1 is 0.939 bits per heavy atom. The summed E-state index contributed by atoms with van der Waals surface area (Å²) in [6, 6.07) is 22.9. The van der Waals surface area contributed by atoms with E-state index in [0.29, 0.717) is 5.11 Å². The zero-order chi connectivity index (χ0) is 22.9. The van der Waals surface area contributed by atoms with Crippen molar-refractivity contribution in [3.63, 3.8) is 0 Å². The molecule has 1 N–H and O–H groups in total. The van der Waals surface area contributed by atoms with E-state index in [4.69, 9.17) is 12.2 Å². The minimum absolute atomic E-state index is 0.0384. The average molecular weight is 454 g/mol. The summed E-state index contributed by atoms with van der Waals surface area (Å²) >= 11 is 5.88. The van der Waals surface area contributed by atoms with E-state index >= 15 is 0 Å². The number of thiocarbonyl (C=S) groups is 1. The third-order valence-electron chi connectivity index (χ3n) is 6.39. The Morgan fingerprint density at radius 3 is 2.30 bits per heavy atom. The molecule has 3 aromatic heterocycles. The Balaban J connectivity index is 1.66. The zero-order valence-electron chi connectivity index (χ0n) is 19.1. The molecule has 1 aliphatic heterocycles. The second-order valence-corrected chi connectivity index (χ2v) is 8.75. The van der Waals surface area contributed by atoms with Crippen LogP contribution in [0.5, 0.6) is 0 Å². The number of aromatic nitrogens is 3. The summed E-state index contributed by atoms with van der Waals surface area (Å²) in [5.41, 5.74) is 6.86. The van der Waals surface area contributed by atoms with E-state index in [0.717, 1.165) is 35.0 Å². The molecule has 1 aliphatic rings. The minimum atomic E-state index is -0.0674. The molecule has 1 fully saturated rings. The molecule has 1 aromatic carbocycles. The molecule has 33 heavy (non-hydrogen) atoms. The maximum atomic E-state index is 5.88. The van der Waals surface area contributed by atoms with Crippen LogP contribution in [0.15, 0.2) is 79.1 Å². The number of hydrogen-bond donors (Lipinski definition) is 1. The lowest BCUT2D eigenvalue weighted by atomic mass is 9.96. The first-order valence-corrected chi connectivity index (χ1v) is 11.7. The number of hydrogen-bond acceptors (Lipinski definition) is 3. The van der Waals surface area contributed by atoms with Crippen molar-refractivity contribution < 1.29 is 0 Å². The quantitative estimate of drug-likeness (QED) is 0.397. The van der Waals surface area contributed by atoms with E-state index in [2.05, 4.69) is 81.9 Å². The Morgan fingerprint density at radius 2 is 1.67 bits per heavy atom. The summed E-state index contributed by atoms with van der Waals surface area (Å²) in [4.78, 5) is 11.5. The second-order valence-electron chi connectivity index (χ2n) is 8.37. The molecule has 0 aliphatic carbocycles. The number of pyridine rings is 2. The van der Waals surface area contributed by atoms with Crippen LogP contribution in [0, 0.1) is 13.8 Å². The number of rotatable bonds is 5. The van der Waals surface area contributed by atoms with Gasteiger partial charge in [-0.1, -0.05) is 31.2 Å². The molecule has 5 rings (SSSR count). The van der Waals surface area contributed by atoms with Gasteiger partial charge in [0.25, 0.3) is 0 Å². The van der Waals surface area contributed by atoms with Crippen molar-refractivity contribution in [3.05, 3.63) is 107 Å². The molecule has 6 heteroatoms. The molecule has 166 valence electrons. The summed E-state index contributed by atoms with van der Waals surface area (Å²) in [5, 5.41) is 4.27. The first kappa shape index (κ1) is 21.3. The van der Waals surface area contributed by atoms with Crippen LogP contribution in [0.2, 0.25) is 0 Å². The summed E-state index contributed by atoms with van der Waals surface area (Å²) in [6.45, 7) is 6.46. The molecule has 0 spiro atoms. The van der Waals surface area contributed by atoms with Crippen LogP contribution in [0.1, 0.15) is 47.2 Å². The van der Waals surface area contributed by atoms with E-state index < -0.39 is 0 Å². The van der Waals surface area contributed by atoms with Crippen molar-refractivity contribution in [3.8, 4) is 5.82 Å². The lowest BCUT2D eigenvalue weighted by molar-refractivity contribution is 0.565. The van der Waals surface area contributed by atoms with E-state index in [1.54, 1.807) is 0 Å². The lowest BCUT2D eigenvalue weighted by Gasteiger charge is -2.28. The van der Waals surface area contributed by atoms with Gasteiger partial charge in [0.15, 0.2) is 5.11 Å². The standard InChI is InChI=1S/C27H27N5S/c1-4-20-11-13-21(14-12-20)32-26(25(30-27(32)33)23-9-5-7-15-28-23)22-17-18(2)31(19(22)3)24-10-6-8-16-29-24/h5-17,25-26H,4H2,1-3H3,(H,30,33)/t25-,26-/m1/s1. The van der Waals surface area contributed by atoms with Crippen LogP contribution in [0.3, 0.4) is 0 Å². The molecule has 0 amide bonds.